The van der Waals surface area contributed by atoms with E-state index < -0.39 is 74.1 Å². The van der Waals surface area contributed by atoms with Crippen molar-refractivity contribution >= 4 is 35.8 Å². The Morgan fingerprint density at radius 2 is 0.843 bits per heavy atom. The van der Waals surface area contributed by atoms with E-state index in [1.807, 2.05) is 20.8 Å². The molecule has 1 atom stereocenters. The summed E-state index contributed by atoms with van der Waals surface area (Å²) in [5.74, 6) is -6.78. The van der Waals surface area contributed by atoms with E-state index in [2.05, 4.69) is 37.3 Å². The maximum Gasteiger partial charge on any atom is 0.332 e. The number of carbonyl (C=O) groups is 6. The van der Waals surface area contributed by atoms with Crippen LogP contribution in [-0.2, 0) is 38.4 Å². The van der Waals surface area contributed by atoms with Crippen LogP contribution in [0.5, 0.6) is 0 Å². The highest BCUT2D eigenvalue weighted by Crippen LogP contribution is 2.26. The van der Waals surface area contributed by atoms with Crippen molar-refractivity contribution in [3.05, 3.63) is 48.6 Å². The van der Waals surface area contributed by atoms with Gasteiger partial charge < -0.3 is 50.5 Å². The van der Waals surface area contributed by atoms with Crippen molar-refractivity contribution in [1.82, 2.24) is 11.0 Å². The summed E-state index contributed by atoms with van der Waals surface area (Å²) < 4.78 is 0. The first-order valence-electron chi connectivity index (χ1n) is 15.1. The summed E-state index contributed by atoms with van der Waals surface area (Å²) in [7, 11) is 0. The quantitative estimate of drug-likeness (QED) is 0.0507. The van der Waals surface area contributed by atoms with Crippen LogP contribution in [0.25, 0.3) is 0 Å². The highest BCUT2D eigenvalue weighted by Gasteiger charge is 2.24. The Kier molecular flexibility index (Phi) is 35.9. The Labute approximate surface area is 298 Å². The van der Waals surface area contributed by atoms with Gasteiger partial charge in [0.2, 0.25) is 0 Å². The van der Waals surface area contributed by atoms with Crippen LogP contribution in [0, 0.1) is 23.2 Å². The topological polar surface area (TPSA) is 307 Å². The molecule has 0 rings (SSSR count). The zero-order valence-corrected chi connectivity index (χ0v) is 30.6. The second-order valence-electron chi connectivity index (χ2n) is 11.8. The van der Waals surface area contributed by atoms with Gasteiger partial charge in [-0.1, -0.05) is 47.1 Å². The largest absolute Gasteiger partial charge is 0.478 e. The third kappa shape index (κ3) is 39.9. The number of carboxylic acids is 4. The number of aliphatic hydroxyl groups excluding tert-OH is 4. The maximum absolute atomic E-state index is 11.5. The molecule has 0 aromatic rings. The molecule has 18 heteroatoms. The van der Waals surface area contributed by atoms with E-state index in [0.29, 0.717) is 13.1 Å². The molecule has 51 heavy (non-hydrogen) atoms. The minimum Gasteiger partial charge on any atom is -0.478 e. The van der Waals surface area contributed by atoms with E-state index in [1.54, 1.807) is 0 Å². The molecule has 0 saturated carbocycles. The molecule has 0 radical (unpaired) electrons. The number of aliphatic hydroxyl groups is 4. The van der Waals surface area contributed by atoms with Crippen molar-refractivity contribution in [2.75, 3.05) is 39.5 Å². The maximum atomic E-state index is 11.5. The van der Waals surface area contributed by atoms with Gasteiger partial charge in [-0.15, -0.1) is 0 Å². The van der Waals surface area contributed by atoms with Crippen molar-refractivity contribution < 1.29 is 79.3 Å². The molecule has 0 spiro atoms. The van der Waals surface area contributed by atoms with Gasteiger partial charge in [-0.3, -0.25) is 0 Å². The van der Waals surface area contributed by atoms with Crippen LogP contribution in [0.2, 0.25) is 0 Å². The van der Waals surface area contributed by atoms with E-state index in [-0.39, 0.29) is 33.6 Å². The molecule has 0 saturated heterocycles. The molecule has 0 amide bonds. The average Bonchev–Trinajstić information content (AvgIpc) is 3.01. The van der Waals surface area contributed by atoms with Gasteiger partial charge in [0, 0.05) is 35.4 Å². The zero-order chi connectivity index (χ0) is 41.5. The average molecular weight is 739 g/mol. The predicted molar refractivity (Wildman–Crippen MR) is 185 cm³/mol. The molecule has 10 N–H and O–H groups in total. The molecule has 296 valence electrons. The van der Waals surface area contributed by atoms with Gasteiger partial charge in [0.15, 0.2) is 0 Å². The summed E-state index contributed by atoms with van der Waals surface area (Å²) in [5.41, 5.74) is 5.63. The van der Waals surface area contributed by atoms with E-state index in [4.69, 9.17) is 50.5 Å². The standard InChI is InChI=1S/C17H34N2O8.4C4H6O2/c1-12(4-5-18-26-15(24)13(7-20)8-21)6-17(2,3)11-19-27-16(25)14(9-22)10-23;4*1-3(2)4(5)6/h12-14,18-23H,4-11H2,1-3H3;4*1H2,2H3,(H,5,6). The van der Waals surface area contributed by atoms with Gasteiger partial charge >= 0.3 is 35.8 Å². The summed E-state index contributed by atoms with van der Waals surface area (Å²) in [6.07, 6.45) is 1.52. The molecule has 0 aliphatic carbocycles. The Morgan fingerprint density at radius 3 is 1.08 bits per heavy atom. The smallest absolute Gasteiger partial charge is 0.332 e. The second-order valence-corrected chi connectivity index (χ2v) is 11.8. The van der Waals surface area contributed by atoms with Crippen molar-refractivity contribution in [3.8, 4) is 0 Å². The Morgan fingerprint density at radius 1 is 0.588 bits per heavy atom. The van der Waals surface area contributed by atoms with Gasteiger partial charge in [0.05, 0.1) is 26.4 Å². The normalized spacial score (nSPS) is 10.5. The highest BCUT2D eigenvalue weighted by molar-refractivity contribution is 5.85. The molecule has 0 aliphatic heterocycles. The van der Waals surface area contributed by atoms with Gasteiger partial charge in [0.25, 0.3) is 0 Å². The van der Waals surface area contributed by atoms with E-state index in [1.165, 1.54) is 27.7 Å². The van der Waals surface area contributed by atoms with Gasteiger partial charge in [-0.25, -0.2) is 28.8 Å². The van der Waals surface area contributed by atoms with Gasteiger partial charge in [-0.05, 0) is 51.9 Å². The van der Waals surface area contributed by atoms with Crippen molar-refractivity contribution in [2.24, 2.45) is 23.2 Å². The third-order valence-corrected chi connectivity index (χ3v) is 5.55. The van der Waals surface area contributed by atoms with Gasteiger partial charge in [-0.2, -0.15) is 11.0 Å². The lowest BCUT2D eigenvalue weighted by Crippen LogP contribution is -2.36. The van der Waals surface area contributed by atoms with Crippen LogP contribution in [0.1, 0.15) is 61.3 Å². The van der Waals surface area contributed by atoms with Crippen LogP contribution in [0.15, 0.2) is 48.6 Å². The molecular weight excluding hydrogens is 680 g/mol. The molecule has 0 aromatic heterocycles. The molecule has 0 aromatic carbocycles. The number of hydroxylamine groups is 2. The fourth-order valence-corrected chi connectivity index (χ4v) is 2.43. The van der Waals surface area contributed by atoms with Crippen LogP contribution in [0.3, 0.4) is 0 Å². The monoisotopic (exact) mass is 738 g/mol. The fraction of sp³-hybridized carbons (Fsp3) is 0.576. The lowest BCUT2D eigenvalue weighted by molar-refractivity contribution is -0.161. The van der Waals surface area contributed by atoms with Crippen LogP contribution in [-0.4, -0.2) is 116 Å². The highest BCUT2D eigenvalue weighted by atomic mass is 16.7. The Balaban J connectivity index is -0.000000234. The number of hydrogen-bond acceptors (Lipinski definition) is 14. The van der Waals surface area contributed by atoms with E-state index >= 15 is 0 Å². The Bertz CT molecular complexity index is 982. The third-order valence-electron chi connectivity index (χ3n) is 5.55. The molecule has 0 aliphatic rings. The summed E-state index contributed by atoms with van der Waals surface area (Å²) in [6, 6.07) is 0. The number of nitrogens with one attached hydrogen (secondary N) is 2. The summed E-state index contributed by atoms with van der Waals surface area (Å²) in [4.78, 5) is 71.0. The van der Waals surface area contributed by atoms with Crippen LogP contribution in [0.4, 0.5) is 0 Å². The predicted octanol–water partition coefficient (Wildman–Crippen LogP) is 1.31. The second kappa shape index (κ2) is 32.7. The molecule has 1 unspecified atom stereocenters. The first kappa shape index (κ1) is 55.9. The first-order chi connectivity index (χ1) is 23.3. The van der Waals surface area contributed by atoms with Crippen molar-refractivity contribution in [1.29, 1.82) is 0 Å². The number of hydrogen-bond donors (Lipinski definition) is 10. The molecule has 0 heterocycles. The minimum absolute atomic E-state index is 0.176. The summed E-state index contributed by atoms with van der Waals surface area (Å²) in [5, 5.41) is 67.2. The molecular formula is C33H58N2O16. The minimum atomic E-state index is -0.954. The number of carbonyl (C=O) groups excluding carboxylic acids is 2. The zero-order valence-electron chi connectivity index (χ0n) is 30.6. The fourth-order valence-electron chi connectivity index (χ4n) is 2.43. The van der Waals surface area contributed by atoms with E-state index in [9.17, 15) is 28.8 Å². The van der Waals surface area contributed by atoms with Crippen LogP contribution < -0.4 is 11.0 Å². The first-order valence-corrected chi connectivity index (χ1v) is 15.1. The lowest BCUT2D eigenvalue weighted by Gasteiger charge is -2.28. The molecule has 0 bridgehead atoms. The number of carboxylic acid groups (broad SMARTS) is 4. The van der Waals surface area contributed by atoms with Crippen LogP contribution >= 0.6 is 0 Å². The number of rotatable bonds is 19. The SMILES string of the molecule is C=C(C)C(=O)O.C=C(C)C(=O)O.C=C(C)C(=O)O.C=C(C)C(=O)O.CC(CCNOC(=O)C(CO)CO)CC(C)(C)CNOC(=O)C(CO)CO. The Hall–Kier alpha value is -4.46. The van der Waals surface area contributed by atoms with Crippen molar-refractivity contribution in [3.63, 3.8) is 0 Å². The lowest BCUT2D eigenvalue weighted by atomic mass is 9.82. The van der Waals surface area contributed by atoms with Gasteiger partial charge in [0.1, 0.15) is 11.8 Å². The molecule has 18 nitrogen and oxygen atoms in total. The number of aliphatic carboxylic acids is 4. The van der Waals surface area contributed by atoms with Crippen molar-refractivity contribution in [2.45, 2.75) is 61.3 Å². The molecule has 0 fully saturated rings. The summed E-state index contributed by atoms with van der Waals surface area (Å²) in [6.45, 7) is 23.3. The summed E-state index contributed by atoms with van der Waals surface area (Å²) >= 11 is 0. The van der Waals surface area contributed by atoms with E-state index in [0.717, 1.165) is 12.8 Å².